The maximum Gasteiger partial charge on any atom is 0.246 e. The van der Waals surface area contributed by atoms with Crippen molar-refractivity contribution in [2.75, 3.05) is 19.8 Å². The second-order valence-electron chi connectivity index (χ2n) is 4.82. The molecule has 22 heavy (non-hydrogen) atoms. The maximum absolute atomic E-state index is 11.9. The maximum atomic E-state index is 11.9. The van der Waals surface area contributed by atoms with Crippen molar-refractivity contribution in [3.8, 4) is 11.4 Å². The number of halogens is 1. The Labute approximate surface area is 132 Å². The van der Waals surface area contributed by atoms with Gasteiger partial charge in [0.05, 0.1) is 19.8 Å². The molecular weight excluding hydrogens is 308 g/mol. The van der Waals surface area contributed by atoms with Crippen LogP contribution in [0.15, 0.2) is 28.8 Å². The molecule has 1 fully saturated rings. The molecule has 2 heterocycles. The highest BCUT2D eigenvalue weighted by molar-refractivity contribution is 6.30. The summed E-state index contributed by atoms with van der Waals surface area (Å²) in [5, 5.41) is 10.3. The third kappa shape index (κ3) is 3.62. The lowest BCUT2D eigenvalue weighted by Crippen LogP contribution is -2.51. The predicted octanol–water partition coefficient (Wildman–Crippen LogP) is 0.995. The van der Waals surface area contributed by atoms with Gasteiger partial charge >= 0.3 is 0 Å². The third-order valence-electron chi connectivity index (χ3n) is 3.20. The first-order valence-electron chi connectivity index (χ1n) is 6.90. The van der Waals surface area contributed by atoms with Gasteiger partial charge in [-0.2, -0.15) is 4.98 Å². The summed E-state index contributed by atoms with van der Waals surface area (Å²) in [6.45, 7) is 1.82. The minimum absolute atomic E-state index is 0.151. The SMILES string of the molecule is O=C(NCc1nc(-c2cccc(Cl)c2)no1)C1COCCN1. The Kier molecular flexibility index (Phi) is 4.67. The number of morpholine rings is 1. The molecule has 1 aromatic heterocycles. The average molecular weight is 323 g/mol. The van der Waals surface area contributed by atoms with Gasteiger partial charge in [0.25, 0.3) is 0 Å². The second kappa shape index (κ2) is 6.87. The summed E-state index contributed by atoms with van der Waals surface area (Å²) in [5.41, 5.74) is 0.760. The number of rotatable bonds is 4. The molecule has 2 N–H and O–H groups in total. The number of aromatic nitrogens is 2. The summed E-state index contributed by atoms with van der Waals surface area (Å²) in [4.78, 5) is 16.2. The van der Waals surface area contributed by atoms with Crippen LogP contribution in [0.1, 0.15) is 5.89 Å². The van der Waals surface area contributed by atoms with E-state index >= 15 is 0 Å². The fourth-order valence-electron chi connectivity index (χ4n) is 2.09. The molecule has 1 atom stereocenters. The van der Waals surface area contributed by atoms with Gasteiger partial charge in [0.2, 0.25) is 17.6 Å². The van der Waals surface area contributed by atoms with E-state index in [1.54, 1.807) is 12.1 Å². The number of hydrogen-bond acceptors (Lipinski definition) is 6. The van der Waals surface area contributed by atoms with Gasteiger partial charge in [0.1, 0.15) is 6.04 Å². The van der Waals surface area contributed by atoms with Crippen LogP contribution in [-0.4, -0.2) is 41.8 Å². The van der Waals surface area contributed by atoms with E-state index in [0.717, 1.165) is 5.56 Å². The van der Waals surface area contributed by atoms with E-state index in [1.807, 2.05) is 12.1 Å². The molecule has 8 heteroatoms. The molecule has 0 bridgehead atoms. The van der Waals surface area contributed by atoms with Gasteiger partial charge in [-0.1, -0.05) is 28.9 Å². The molecule has 1 saturated heterocycles. The van der Waals surface area contributed by atoms with Crippen LogP contribution in [0, 0.1) is 0 Å². The molecule has 1 unspecified atom stereocenters. The van der Waals surface area contributed by atoms with Crippen molar-refractivity contribution in [3.63, 3.8) is 0 Å². The van der Waals surface area contributed by atoms with Gasteiger partial charge in [0.15, 0.2) is 0 Å². The van der Waals surface area contributed by atoms with E-state index < -0.39 is 0 Å². The molecule has 3 rings (SSSR count). The van der Waals surface area contributed by atoms with Gasteiger partial charge in [-0.25, -0.2) is 0 Å². The molecule has 0 spiro atoms. The van der Waals surface area contributed by atoms with Crippen molar-refractivity contribution < 1.29 is 14.1 Å². The fraction of sp³-hybridized carbons (Fsp3) is 0.357. The number of nitrogens with zero attached hydrogens (tertiary/aromatic N) is 2. The highest BCUT2D eigenvalue weighted by atomic mass is 35.5. The first-order valence-corrected chi connectivity index (χ1v) is 7.27. The molecule has 1 aliphatic heterocycles. The smallest absolute Gasteiger partial charge is 0.246 e. The van der Waals surface area contributed by atoms with Crippen molar-refractivity contribution in [2.24, 2.45) is 0 Å². The van der Waals surface area contributed by atoms with E-state index in [9.17, 15) is 4.79 Å². The lowest BCUT2D eigenvalue weighted by Gasteiger charge is -2.22. The van der Waals surface area contributed by atoms with Crippen LogP contribution in [0.25, 0.3) is 11.4 Å². The fourth-order valence-corrected chi connectivity index (χ4v) is 2.28. The monoisotopic (exact) mass is 322 g/mol. The molecule has 1 aromatic carbocycles. The number of hydrogen-bond donors (Lipinski definition) is 2. The Morgan fingerprint density at radius 3 is 3.18 bits per heavy atom. The molecule has 116 valence electrons. The van der Waals surface area contributed by atoms with E-state index in [4.69, 9.17) is 20.9 Å². The average Bonchev–Trinajstić information content (AvgIpc) is 3.02. The number of carbonyl (C=O) groups excluding carboxylic acids is 1. The zero-order chi connectivity index (χ0) is 15.4. The highest BCUT2D eigenvalue weighted by Crippen LogP contribution is 2.19. The van der Waals surface area contributed by atoms with Crippen LogP contribution in [0.5, 0.6) is 0 Å². The predicted molar refractivity (Wildman–Crippen MR) is 79.2 cm³/mol. The minimum atomic E-state index is -0.343. The zero-order valence-electron chi connectivity index (χ0n) is 11.7. The van der Waals surface area contributed by atoms with Crippen molar-refractivity contribution in [2.45, 2.75) is 12.6 Å². The summed E-state index contributed by atoms with van der Waals surface area (Å²) < 4.78 is 10.4. The van der Waals surface area contributed by atoms with Gasteiger partial charge in [-0.15, -0.1) is 0 Å². The zero-order valence-corrected chi connectivity index (χ0v) is 12.5. The molecule has 0 saturated carbocycles. The Morgan fingerprint density at radius 1 is 1.50 bits per heavy atom. The molecular formula is C14H15ClN4O3. The number of nitrogens with one attached hydrogen (secondary N) is 2. The van der Waals surface area contributed by atoms with Crippen molar-refractivity contribution in [3.05, 3.63) is 35.2 Å². The second-order valence-corrected chi connectivity index (χ2v) is 5.26. The Hall–Kier alpha value is -1.96. The van der Waals surface area contributed by atoms with Crippen LogP contribution in [-0.2, 0) is 16.1 Å². The topological polar surface area (TPSA) is 89.3 Å². The van der Waals surface area contributed by atoms with Crippen molar-refractivity contribution in [1.29, 1.82) is 0 Å². The number of carbonyl (C=O) groups is 1. The molecule has 0 aliphatic carbocycles. The third-order valence-corrected chi connectivity index (χ3v) is 3.44. The normalized spacial score (nSPS) is 18.1. The van der Waals surface area contributed by atoms with Crippen LogP contribution in [0.3, 0.4) is 0 Å². The van der Waals surface area contributed by atoms with Gasteiger partial charge in [-0.3, -0.25) is 4.79 Å². The van der Waals surface area contributed by atoms with E-state index in [1.165, 1.54) is 0 Å². The van der Waals surface area contributed by atoms with Gasteiger partial charge < -0.3 is 19.9 Å². The largest absolute Gasteiger partial charge is 0.378 e. The molecule has 1 amide bonds. The quantitative estimate of drug-likeness (QED) is 0.872. The highest BCUT2D eigenvalue weighted by Gasteiger charge is 2.21. The number of amides is 1. The first-order chi connectivity index (χ1) is 10.7. The molecule has 0 radical (unpaired) electrons. The standard InChI is InChI=1S/C14H15ClN4O3/c15-10-3-1-2-9(6-10)13-18-12(22-19-13)7-17-14(20)11-8-21-5-4-16-11/h1-3,6,11,16H,4-5,7-8H2,(H,17,20). The van der Waals surface area contributed by atoms with Gasteiger partial charge in [-0.05, 0) is 12.1 Å². The summed E-state index contributed by atoms with van der Waals surface area (Å²) in [5.74, 6) is 0.619. The first kappa shape index (κ1) is 15.0. The van der Waals surface area contributed by atoms with Gasteiger partial charge in [0, 0.05) is 17.1 Å². The summed E-state index contributed by atoms with van der Waals surface area (Å²) >= 11 is 5.93. The Morgan fingerprint density at radius 2 is 2.41 bits per heavy atom. The lowest BCUT2D eigenvalue weighted by atomic mass is 10.2. The lowest BCUT2D eigenvalue weighted by molar-refractivity contribution is -0.126. The van der Waals surface area contributed by atoms with Crippen molar-refractivity contribution >= 4 is 17.5 Å². The van der Waals surface area contributed by atoms with Crippen molar-refractivity contribution in [1.82, 2.24) is 20.8 Å². The Balaban J connectivity index is 1.59. The summed E-state index contributed by atoms with van der Waals surface area (Å²) in [6.07, 6.45) is 0. The van der Waals surface area contributed by atoms with E-state index in [2.05, 4.69) is 20.8 Å². The molecule has 7 nitrogen and oxygen atoms in total. The molecule has 2 aromatic rings. The Bertz CT molecular complexity index is 655. The molecule has 1 aliphatic rings. The van der Waals surface area contributed by atoms with E-state index in [-0.39, 0.29) is 18.5 Å². The van der Waals surface area contributed by atoms with Crippen LogP contribution in [0.4, 0.5) is 0 Å². The van der Waals surface area contributed by atoms with E-state index in [0.29, 0.717) is 36.5 Å². The number of benzene rings is 1. The summed E-state index contributed by atoms with van der Waals surface area (Å²) in [7, 11) is 0. The van der Waals surface area contributed by atoms with Crippen LogP contribution >= 0.6 is 11.6 Å². The van der Waals surface area contributed by atoms with Crippen LogP contribution in [0.2, 0.25) is 5.02 Å². The minimum Gasteiger partial charge on any atom is -0.378 e. The van der Waals surface area contributed by atoms with Crippen LogP contribution < -0.4 is 10.6 Å². The number of ether oxygens (including phenoxy) is 1. The summed E-state index contributed by atoms with van der Waals surface area (Å²) in [6, 6.07) is 6.82.